The Balaban J connectivity index is 2.44. The molecular weight excluding hydrogens is 224 g/mol. The summed E-state index contributed by atoms with van der Waals surface area (Å²) in [5.41, 5.74) is 0.813. The lowest BCUT2D eigenvalue weighted by atomic mass is 9.80. The van der Waals surface area contributed by atoms with E-state index in [1.807, 2.05) is 0 Å². The zero-order chi connectivity index (χ0) is 12.2. The van der Waals surface area contributed by atoms with Crippen molar-refractivity contribution in [1.82, 2.24) is 0 Å². The first-order valence-electron chi connectivity index (χ1n) is 4.48. The van der Waals surface area contributed by atoms with Gasteiger partial charge in [0, 0.05) is 0 Å². The molecule has 7 heteroatoms. The number of halogens is 3. The highest BCUT2D eigenvalue weighted by Crippen LogP contribution is 2.15. The molecular formula is C9H10BF3O3. The molecule has 0 spiro atoms. The second-order valence-electron chi connectivity index (χ2n) is 3.22. The highest BCUT2D eigenvalue weighted by atomic mass is 19.4. The monoisotopic (exact) mass is 234 g/mol. The topological polar surface area (TPSA) is 49.7 Å². The van der Waals surface area contributed by atoms with Gasteiger partial charge in [-0.05, 0) is 11.0 Å². The second kappa shape index (κ2) is 5.33. The Bertz CT molecular complexity index is 324. The van der Waals surface area contributed by atoms with Gasteiger partial charge in [-0.25, -0.2) is 0 Å². The quantitative estimate of drug-likeness (QED) is 0.743. The Morgan fingerprint density at radius 3 is 2.12 bits per heavy atom. The zero-order valence-electron chi connectivity index (χ0n) is 8.24. The Kier molecular flexibility index (Phi) is 4.34. The molecule has 1 aromatic carbocycles. The van der Waals surface area contributed by atoms with Crippen LogP contribution in [0.25, 0.3) is 0 Å². The van der Waals surface area contributed by atoms with E-state index in [4.69, 9.17) is 10.0 Å². The van der Waals surface area contributed by atoms with E-state index in [1.54, 1.807) is 0 Å². The molecule has 0 saturated carbocycles. The van der Waals surface area contributed by atoms with E-state index in [-0.39, 0.29) is 12.1 Å². The molecule has 0 bridgehead atoms. The minimum atomic E-state index is -4.33. The van der Waals surface area contributed by atoms with E-state index in [2.05, 4.69) is 4.74 Å². The fraction of sp³-hybridized carbons (Fsp3) is 0.333. The molecule has 0 aliphatic rings. The van der Waals surface area contributed by atoms with Crippen LogP contribution in [0, 0.1) is 0 Å². The van der Waals surface area contributed by atoms with E-state index in [0.29, 0.717) is 5.56 Å². The SMILES string of the molecule is OB(O)c1ccc(COCC(F)(F)F)cc1. The van der Waals surface area contributed by atoms with Gasteiger partial charge < -0.3 is 14.8 Å². The summed E-state index contributed by atoms with van der Waals surface area (Å²) >= 11 is 0. The fourth-order valence-corrected chi connectivity index (χ4v) is 1.07. The van der Waals surface area contributed by atoms with Crippen LogP contribution in [-0.2, 0) is 11.3 Å². The summed E-state index contributed by atoms with van der Waals surface area (Å²) < 4.78 is 39.6. The lowest BCUT2D eigenvalue weighted by Crippen LogP contribution is -2.29. The van der Waals surface area contributed by atoms with Crippen LogP contribution in [0.4, 0.5) is 13.2 Å². The minimum absolute atomic E-state index is 0.165. The standard InChI is InChI=1S/C9H10BF3O3/c11-9(12,13)6-16-5-7-1-3-8(4-2-7)10(14)15/h1-4,14-15H,5-6H2. The molecule has 2 N–H and O–H groups in total. The van der Waals surface area contributed by atoms with Crippen LogP contribution in [0.2, 0.25) is 0 Å². The molecule has 0 aliphatic carbocycles. The maximum atomic E-state index is 11.7. The summed E-state index contributed by atoms with van der Waals surface area (Å²) in [7, 11) is -1.58. The smallest absolute Gasteiger partial charge is 0.423 e. The van der Waals surface area contributed by atoms with Crippen molar-refractivity contribution in [3.63, 3.8) is 0 Å². The largest absolute Gasteiger partial charge is 0.488 e. The molecule has 88 valence electrons. The van der Waals surface area contributed by atoms with Crippen LogP contribution in [0.1, 0.15) is 5.56 Å². The van der Waals surface area contributed by atoms with Crippen LogP contribution in [0.5, 0.6) is 0 Å². The van der Waals surface area contributed by atoms with Crippen LogP contribution in [-0.4, -0.2) is 29.9 Å². The average molecular weight is 234 g/mol. The van der Waals surface area contributed by atoms with Gasteiger partial charge in [-0.15, -0.1) is 0 Å². The summed E-state index contributed by atoms with van der Waals surface area (Å²) in [5, 5.41) is 17.5. The predicted molar refractivity (Wildman–Crippen MR) is 52.0 cm³/mol. The molecule has 1 rings (SSSR count). The third-order valence-electron chi connectivity index (χ3n) is 1.81. The molecule has 0 fully saturated rings. The number of rotatable bonds is 4. The van der Waals surface area contributed by atoms with Crippen LogP contribution in [0.15, 0.2) is 24.3 Å². The third kappa shape index (κ3) is 4.65. The van der Waals surface area contributed by atoms with Crippen molar-refractivity contribution in [1.29, 1.82) is 0 Å². The third-order valence-corrected chi connectivity index (χ3v) is 1.81. The normalized spacial score (nSPS) is 11.6. The molecule has 1 aromatic rings. The van der Waals surface area contributed by atoms with Crippen molar-refractivity contribution < 1.29 is 28.0 Å². The van der Waals surface area contributed by atoms with E-state index in [9.17, 15) is 13.2 Å². The molecule has 0 radical (unpaired) electrons. The highest BCUT2D eigenvalue weighted by Gasteiger charge is 2.27. The molecule has 0 heterocycles. The van der Waals surface area contributed by atoms with Gasteiger partial charge in [-0.3, -0.25) is 0 Å². The first-order chi connectivity index (χ1) is 7.38. The maximum Gasteiger partial charge on any atom is 0.488 e. The Hall–Kier alpha value is -1.05. The summed E-state index contributed by atoms with van der Waals surface area (Å²) in [6.45, 7) is -1.46. The van der Waals surface area contributed by atoms with Crippen molar-refractivity contribution in [2.24, 2.45) is 0 Å². The zero-order valence-corrected chi connectivity index (χ0v) is 8.24. The lowest BCUT2D eigenvalue weighted by Gasteiger charge is -2.08. The van der Waals surface area contributed by atoms with E-state index in [0.717, 1.165) is 0 Å². The molecule has 0 amide bonds. The summed E-state index contributed by atoms with van der Waals surface area (Å²) in [6, 6.07) is 5.78. The van der Waals surface area contributed by atoms with E-state index < -0.39 is 19.9 Å². The van der Waals surface area contributed by atoms with Crippen molar-refractivity contribution in [2.45, 2.75) is 12.8 Å². The molecule has 0 aromatic heterocycles. The Labute approximate surface area is 90.6 Å². The molecule has 16 heavy (non-hydrogen) atoms. The molecule has 0 aliphatic heterocycles. The number of ether oxygens (including phenoxy) is 1. The Morgan fingerprint density at radius 2 is 1.69 bits per heavy atom. The number of alkyl halides is 3. The van der Waals surface area contributed by atoms with Gasteiger partial charge in [0.05, 0.1) is 6.61 Å². The second-order valence-corrected chi connectivity index (χ2v) is 3.22. The highest BCUT2D eigenvalue weighted by molar-refractivity contribution is 6.58. The van der Waals surface area contributed by atoms with Crippen molar-refractivity contribution in [2.75, 3.05) is 6.61 Å². The summed E-state index contributed by atoms with van der Waals surface area (Å²) in [6.07, 6.45) is -4.33. The van der Waals surface area contributed by atoms with Gasteiger partial charge in [0.2, 0.25) is 0 Å². The number of benzene rings is 1. The maximum absolute atomic E-state index is 11.7. The minimum Gasteiger partial charge on any atom is -0.423 e. The first kappa shape index (κ1) is 13.0. The number of hydrogen-bond acceptors (Lipinski definition) is 3. The van der Waals surface area contributed by atoms with Crippen LogP contribution >= 0.6 is 0 Å². The Morgan fingerprint density at radius 1 is 1.12 bits per heavy atom. The number of hydrogen-bond donors (Lipinski definition) is 2. The average Bonchev–Trinajstić information content (AvgIpc) is 2.16. The van der Waals surface area contributed by atoms with E-state index in [1.165, 1.54) is 24.3 Å². The molecule has 0 unspecified atom stereocenters. The van der Waals surface area contributed by atoms with Crippen molar-refractivity contribution in [3.8, 4) is 0 Å². The summed E-state index contributed by atoms with van der Waals surface area (Å²) in [4.78, 5) is 0. The van der Waals surface area contributed by atoms with E-state index >= 15 is 0 Å². The predicted octanol–water partition coefficient (Wildman–Crippen LogP) is 0.445. The van der Waals surface area contributed by atoms with Crippen LogP contribution in [0.3, 0.4) is 0 Å². The molecule has 0 saturated heterocycles. The van der Waals surface area contributed by atoms with Gasteiger partial charge in [-0.2, -0.15) is 13.2 Å². The molecule has 0 atom stereocenters. The van der Waals surface area contributed by atoms with Crippen LogP contribution < -0.4 is 5.46 Å². The van der Waals surface area contributed by atoms with Crippen molar-refractivity contribution in [3.05, 3.63) is 29.8 Å². The first-order valence-corrected chi connectivity index (χ1v) is 4.48. The summed E-state index contributed by atoms with van der Waals surface area (Å²) in [5.74, 6) is 0. The van der Waals surface area contributed by atoms with Crippen molar-refractivity contribution >= 4 is 12.6 Å². The molecule has 3 nitrogen and oxygen atoms in total. The van der Waals surface area contributed by atoms with Gasteiger partial charge >= 0.3 is 13.3 Å². The fourth-order valence-electron chi connectivity index (χ4n) is 1.07. The van der Waals surface area contributed by atoms with Gasteiger partial charge in [0.1, 0.15) is 6.61 Å². The lowest BCUT2D eigenvalue weighted by molar-refractivity contribution is -0.176. The van der Waals surface area contributed by atoms with Gasteiger partial charge in [0.25, 0.3) is 0 Å². The van der Waals surface area contributed by atoms with Gasteiger partial charge in [0.15, 0.2) is 0 Å². The van der Waals surface area contributed by atoms with Gasteiger partial charge in [-0.1, -0.05) is 24.3 Å².